The summed E-state index contributed by atoms with van der Waals surface area (Å²) < 4.78 is 10.1. The van der Waals surface area contributed by atoms with Crippen LogP contribution in [-0.2, 0) is 9.53 Å². The van der Waals surface area contributed by atoms with Crippen molar-refractivity contribution in [1.82, 2.24) is 0 Å². The van der Waals surface area contributed by atoms with E-state index in [1.807, 2.05) is 13.0 Å². The van der Waals surface area contributed by atoms with Gasteiger partial charge in [-0.2, -0.15) is 0 Å². The molecule has 2 N–H and O–H groups in total. The van der Waals surface area contributed by atoms with Gasteiger partial charge in [0.1, 0.15) is 12.4 Å². The van der Waals surface area contributed by atoms with E-state index in [0.29, 0.717) is 12.4 Å². The molecule has 0 aliphatic carbocycles. The summed E-state index contributed by atoms with van der Waals surface area (Å²) in [7, 11) is 0. The average Bonchev–Trinajstić information content (AvgIpc) is 2.57. The second-order valence-corrected chi connectivity index (χ2v) is 5.44. The van der Waals surface area contributed by atoms with Gasteiger partial charge in [0.2, 0.25) is 0 Å². The molecular formula is C19H26O5. The van der Waals surface area contributed by atoms with E-state index in [-0.39, 0.29) is 25.1 Å². The van der Waals surface area contributed by atoms with E-state index >= 15 is 0 Å². The molecule has 2 atom stereocenters. The Morgan fingerprint density at radius 2 is 1.96 bits per heavy atom. The van der Waals surface area contributed by atoms with E-state index in [1.54, 1.807) is 44.2 Å². The lowest BCUT2D eigenvalue weighted by Gasteiger charge is -2.16. The maximum Gasteiger partial charge on any atom is 0.330 e. The molecule has 0 aromatic heterocycles. The summed E-state index contributed by atoms with van der Waals surface area (Å²) in [5.41, 5.74) is 1.54. The Hall–Kier alpha value is -2.11. The molecule has 0 amide bonds. The Morgan fingerprint density at radius 1 is 1.29 bits per heavy atom. The van der Waals surface area contributed by atoms with Gasteiger partial charge in [-0.15, -0.1) is 0 Å². The van der Waals surface area contributed by atoms with Crippen molar-refractivity contribution in [3.8, 4) is 5.75 Å². The maximum absolute atomic E-state index is 11.4. The van der Waals surface area contributed by atoms with E-state index in [1.165, 1.54) is 6.08 Å². The zero-order chi connectivity index (χ0) is 17.9. The number of rotatable bonds is 9. The average molecular weight is 334 g/mol. The monoisotopic (exact) mass is 334 g/mol. The van der Waals surface area contributed by atoms with Crippen molar-refractivity contribution in [2.24, 2.45) is 5.92 Å². The van der Waals surface area contributed by atoms with Crippen LogP contribution in [0.3, 0.4) is 0 Å². The molecule has 0 saturated carbocycles. The minimum absolute atomic E-state index is 0.0368. The number of ether oxygens (including phenoxy) is 2. The third-order valence-corrected chi connectivity index (χ3v) is 3.37. The van der Waals surface area contributed by atoms with E-state index in [0.717, 1.165) is 11.1 Å². The van der Waals surface area contributed by atoms with Crippen LogP contribution in [-0.4, -0.2) is 36.0 Å². The smallest absolute Gasteiger partial charge is 0.330 e. The predicted molar refractivity (Wildman–Crippen MR) is 92.7 cm³/mol. The molecule has 24 heavy (non-hydrogen) atoms. The lowest BCUT2D eigenvalue weighted by molar-refractivity contribution is -0.137. The van der Waals surface area contributed by atoms with Gasteiger partial charge in [-0.25, -0.2) is 4.79 Å². The Kier molecular flexibility index (Phi) is 8.83. The maximum atomic E-state index is 11.4. The van der Waals surface area contributed by atoms with Gasteiger partial charge in [-0.05, 0) is 37.1 Å². The molecule has 0 unspecified atom stereocenters. The molecule has 1 rings (SSSR count). The Labute approximate surface area is 143 Å². The van der Waals surface area contributed by atoms with Crippen molar-refractivity contribution in [2.45, 2.75) is 26.9 Å². The third-order valence-electron chi connectivity index (χ3n) is 3.37. The largest absolute Gasteiger partial charge is 0.491 e. The molecule has 5 heteroatoms. The Balaban J connectivity index is 2.64. The van der Waals surface area contributed by atoms with Crippen LogP contribution < -0.4 is 4.74 Å². The summed E-state index contributed by atoms with van der Waals surface area (Å²) in [4.78, 5) is 11.4. The first-order valence-corrected chi connectivity index (χ1v) is 8.02. The molecule has 0 saturated heterocycles. The van der Waals surface area contributed by atoms with Crippen molar-refractivity contribution in [3.05, 3.63) is 53.6 Å². The number of hydrogen-bond donors (Lipinski definition) is 2. The van der Waals surface area contributed by atoms with Crippen LogP contribution in [0.5, 0.6) is 5.75 Å². The van der Waals surface area contributed by atoms with Crippen LogP contribution in [0.15, 0.2) is 48.1 Å². The second kappa shape index (κ2) is 10.6. The SMILES string of the molecule is CCOC(=O)/C=C(C)/C=C/[C@H](C)[C@@H](O)c1ccc(OCCO)cc1. The van der Waals surface area contributed by atoms with Gasteiger partial charge >= 0.3 is 5.97 Å². The number of hydrogen-bond acceptors (Lipinski definition) is 5. The normalized spacial score (nSPS) is 14.5. The number of aliphatic hydroxyl groups excluding tert-OH is 2. The predicted octanol–water partition coefficient (Wildman–Crippen LogP) is 2.79. The van der Waals surface area contributed by atoms with E-state index in [2.05, 4.69) is 0 Å². The number of esters is 1. The van der Waals surface area contributed by atoms with Gasteiger partial charge in [0, 0.05) is 12.0 Å². The second-order valence-electron chi connectivity index (χ2n) is 5.44. The molecule has 0 aliphatic rings. The summed E-state index contributed by atoms with van der Waals surface area (Å²) >= 11 is 0. The number of aliphatic hydroxyl groups is 2. The standard InChI is InChI=1S/C19H26O5/c1-4-23-18(21)13-14(2)5-6-15(3)19(22)16-7-9-17(10-8-16)24-12-11-20/h5-10,13,15,19-20,22H,4,11-12H2,1-3H3/b6-5+,14-13+/t15-,19+/m0/s1. The van der Waals surface area contributed by atoms with Gasteiger partial charge < -0.3 is 19.7 Å². The molecule has 5 nitrogen and oxygen atoms in total. The van der Waals surface area contributed by atoms with Crippen LogP contribution in [0.1, 0.15) is 32.4 Å². The fraction of sp³-hybridized carbons (Fsp3) is 0.421. The summed E-state index contributed by atoms with van der Waals surface area (Å²) in [6.45, 7) is 6.02. The van der Waals surface area contributed by atoms with E-state index < -0.39 is 6.10 Å². The number of benzene rings is 1. The van der Waals surface area contributed by atoms with E-state index in [9.17, 15) is 9.90 Å². The van der Waals surface area contributed by atoms with Gasteiger partial charge in [-0.3, -0.25) is 0 Å². The van der Waals surface area contributed by atoms with Crippen molar-refractivity contribution < 1.29 is 24.5 Å². The molecule has 0 heterocycles. The fourth-order valence-corrected chi connectivity index (χ4v) is 2.06. The van der Waals surface area contributed by atoms with Crippen molar-refractivity contribution >= 4 is 5.97 Å². The highest BCUT2D eigenvalue weighted by molar-refractivity contribution is 5.83. The molecular weight excluding hydrogens is 308 g/mol. The van der Waals surface area contributed by atoms with Gasteiger partial charge in [0.15, 0.2) is 0 Å². The van der Waals surface area contributed by atoms with Crippen molar-refractivity contribution in [1.29, 1.82) is 0 Å². The molecule has 1 aromatic rings. The minimum Gasteiger partial charge on any atom is -0.491 e. The summed E-state index contributed by atoms with van der Waals surface area (Å²) in [6, 6.07) is 7.11. The lowest BCUT2D eigenvalue weighted by Crippen LogP contribution is -2.07. The zero-order valence-corrected chi connectivity index (χ0v) is 14.4. The summed E-state index contributed by atoms with van der Waals surface area (Å²) in [5.74, 6) is 0.155. The quantitative estimate of drug-likeness (QED) is 0.412. The van der Waals surface area contributed by atoms with Crippen LogP contribution >= 0.6 is 0 Å². The number of allylic oxidation sites excluding steroid dienone is 2. The van der Waals surface area contributed by atoms with Gasteiger partial charge in [-0.1, -0.05) is 31.2 Å². The highest BCUT2D eigenvalue weighted by Crippen LogP contribution is 2.25. The fourth-order valence-electron chi connectivity index (χ4n) is 2.06. The molecule has 0 aliphatic heterocycles. The molecule has 132 valence electrons. The first-order chi connectivity index (χ1) is 11.5. The lowest BCUT2D eigenvalue weighted by atomic mass is 9.96. The molecule has 0 radical (unpaired) electrons. The van der Waals surface area contributed by atoms with Crippen molar-refractivity contribution in [3.63, 3.8) is 0 Å². The third kappa shape index (κ3) is 6.98. The highest BCUT2D eigenvalue weighted by atomic mass is 16.5. The Bertz CT molecular complexity index is 560. The van der Waals surface area contributed by atoms with Crippen LogP contribution in [0.4, 0.5) is 0 Å². The zero-order valence-electron chi connectivity index (χ0n) is 14.4. The summed E-state index contributed by atoms with van der Waals surface area (Å²) in [5, 5.41) is 19.1. The Morgan fingerprint density at radius 3 is 2.54 bits per heavy atom. The van der Waals surface area contributed by atoms with Crippen LogP contribution in [0.2, 0.25) is 0 Å². The highest BCUT2D eigenvalue weighted by Gasteiger charge is 2.13. The molecule has 0 spiro atoms. The number of carbonyl (C=O) groups is 1. The van der Waals surface area contributed by atoms with Crippen LogP contribution in [0.25, 0.3) is 0 Å². The van der Waals surface area contributed by atoms with Crippen LogP contribution in [0, 0.1) is 5.92 Å². The van der Waals surface area contributed by atoms with Gasteiger partial charge in [0.05, 0.1) is 19.3 Å². The summed E-state index contributed by atoms with van der Waals surface area (Å²) in [6.07, 6.45) is 4.41. The topological polar surface area (TPSA) is 76.0 Å². The number of carbonyl (C=O) groups excluding carboxylic acids is 1. The molecule has 0 fully saturated rings. The minimum atomic E-state index is -0.663. The first kappa shape index (κ1) is 19.9. The first-order valence-electron chi connectivity index (χ1n) is 8.02. The van der Waals surface area contributed by atoms with Gasteiger partial charge in [0.25, 0.3) is 0 Å². The van der Waals surface area contributed by atoms with Crippen molar-refractivity contribution in [2.75, 3.05) is 19.8 Å². The molecule has 0 bridgehead atoms. The molecule has 1 aromatic carbocycles. The van der Waals surface area contributed by atoms with E-state index in [4.69, 9.17) is 14.6 Å².